The summed E-state index contributed by atoms with van der Waals surface area (Å²) in [4.78, 5) is 39.1. The van der Waals surface area contributed by atoms with Gasteiger partial charge in [-0.15, -0.1) is 11.8 Å². The number of amides is 3. The van der Waals surface area contributed by atoms with Gasteiger partial charge in [-0.1, -0.05) is 42.5 Å². The Kier molecular flexibility index (Phi) is 10.8. The average molecular weight is 620 g/mol. The van der Waals surface area contributed by atoms with Crippen molar-refractivity contribution < 1.29 is 32.3 Å². The summed E-state index contributed by atoms with van der Waals surface area (Å²) in [6.45, 7) is 2.39. The van der Waals surface area contributed by atoms with Crippen LogP contribution in [0.3, 0.4) is 0 Å². The number of hydrogen-bond donors (Lipinski definition) is 3. The van der Waals surface area contributed by atoms with Crippen molar-refractivity contribution in [3.63, 3.8) is 0 Å². The number of carbonyl (C=O) groups excluding carboxylic acids is 3. The Hall–Kier alpha value is -5.03. The average Bonchev–Trinajstić information content (AvgIpc) is 3.01. The summed E-state index contributed by atoms with van der Waals surface area (Å²) in [5.74, 6) is -1.07. The summed E-state index contributed by atoms with van der Waals surface area (Å²) in [5.41, 5.74) is 0.248. The van der Waals surface area contributed by atoms with Gasteiger partial charge in [0.25, 0.3) is 11.8 Å². The van der Waals surface area contributed by atoms with Gasteiger partial charge in [0.15, 0.2) is 0 Å². The number of rotatable bonds is 11. The first-order valence-electron chi connectivity index (χ1n) is 13.4. The number of thioether (sulfide) groups is 1. The van der Waals surface area contributed by atoms with Gasteiger partial charge in [-0.25, -0.2) is 0 Å². The molecular weight excluding hydrogens is 591 g/mol. The van der Waals surface area contributed by atoms with E-state index in [1.165, 1.54) is 18.2 Å². The number of hydrogen-bond acceptors (Lipinski definition) is 5. The van der Waals surface area contributed by atoms with Crippen LogP contribution in [0.25, 0.3) is 6.08 Å². The van der Waals surface area contributed by atoms with Gasteiger partial charge in [-0.2, -0.15) is 13.2 Å². The highest BCUT2D eigenvalue weighted by Crippen LogP contribution is 2.34. The fourth-order valence-corrected chi connectivity index (χ4v) is 4.64. The summed E-state index contributed by atoms with van der Waals surface area (Å²) in [5, 5.41) is 7.74. The van der Waals surface area contributed by atoms with Crippen LogP contribution in [0, 0.1) is 0 Å². The molecule has 11 heteroatoms. The van der Waals surface area contributed by atoms with Gasteiger partial charge in [0.05, 0.1) is 23.6 Å². The first-order chi connectivity index (χ1) is 21.1. The van der Waals surface area contributed by atoms with Crippen LogP contribution >= 0.6 is 11.8 Å². The second-order valence-electron chi connectivity index (χ2n) is 9.24. The molecule has 4 aromatic carbocycles. The van der Waals surface area contributed by atoms with E-state index < -0.39 is 29.5 Å². The Morgan fingerprint density at radius 3 is 2.14 bits per heavy atom. The quantitative estimate of drug-likeness (QED) is 0.122. The van der Waals surface area contributed by atoms with Crippen LogP contribution in [0.1, 0.15) is 28.4 Å². The molecule has 0 bridgehead atoms. The van der Waals surface area contributed by atoms with Gasteiger partial charge < -0.3 is 20.7 Å². The second-order valence-corrected chi connectivity index (χ2v) is 10.3. The first-order valence-corrected chi connectivity index (χ1v) is 14.4. The van der Waals surface area contributed by atoms with Crippen molar-refractivity contribution in [1.82, 2.24) is 5.32 Å². The van der Waals surface area contributed by atoms with Crippen LogP contribution in [-0.4, -0.2) is 30.1 Å². The zero-order valence-electron chi connectivity index (χ0n) is 23.5. The SMILES string of the molecule is CCOc1ccc(/C=C(\NC(=O)c2ccccc2)C(=O)Nc2ccc(SCC(=O)Nc3ccccc3C(F)(F)F)cc2)cc1. The number of ether oxygens (including phenoxy) is 1. The molecule has 7 nitrogen and oxygen atoms in total. The number of alkyl halides is 3. The van der Waals surface area contributed by atoms with Crippen LogP contribution in [0.15, 0.2) is 114 Å². The van der Waals surface area contributed by atoms with Gasteiger partial charge >= 0.3 is 6.18 Å². The lowest BCUT2D eigenvalue weighted by Crippen LogP contribution is -2.30. The zero-order chi connectivity index (χ0) is 31.5. The van der Waals surface area contributed by atoms with Gasteiger partial charge in [0.2, 0.25) is 5.91 Å². The number of benzene rings is 4. The van der Waals surface area contributed by atoms with Crippen LogP contribution in [-0.2, 0) is 15.8 Å². The summed E-state index contributed by atoms with van der Waals surface area (Å²) < 4.78 is 45.1. The third-order valence-electron chi connectivity index (χ3n) is 6.02. The normalized spacial score (nSPS) is 11.4. The van der Waals surface area contributed by atoms with E-state index in [0.29, 0.717) is 34.1 Å². The van der Waals surface area contributed by atoms with Crippen molar-refractivity contribution in [3.8, 4) is 5.75 Å². The smallest absolute Gasteiger partial charge is 0.418 e. The number of para-hydroxylation sites is 1. The molecule has 0 atom stereocenters. The lowest BCUT2D eigenvalue weighted by atomic mass is 10.1. The van der Waals surface area contributed by atoms with Crippen molar-refractivity contribution in [1.29, 1.82) is 0 Å². The molecule has 0 unspecified atom stereocenters. The summed E-state index contributed by atoms with van der Waals surface area (Å²) in [6, 6.07) is 26.8. The molecule has 0 fully saturated rings. The van der Waals surface area contributed by atoms with E-state index in [-0.39, 0.29) is 17.1 Å². The highest BCUT2D eigenvalue weighted by molar-refractivity contribution is 8.00. The van der Waals surface area contributed by atoms with Crippen LogP contribution in [0.5, 0.6) is 5.75 Å². The molecule has 0 saturated heterocycles. The fourth-order valence-electron chi connectivity index (χ4n) is 3.94. The molecule has 0 aromatic heterocycles. The molecule has 0 radical (unpaired) electrons. The molecule has 0 aliphatic heterocycles. The van der Waals surface area contributed by atoms with Gasteiger partial charge in [0, 0.05) is 16.1 Å². The topological polar surface area (TPSA) is 96.5 Å². The minimum Gasteiger partial charge on any atom is -0.494 e. The van der Waals surface area contributed by atoms with E-state index in [1.54, 1.807) is 84.9 Å². The lowest BCUT2D eigenvalue weighted by Gasteiger charge is -2.13. The third kappa shape index (κ3) is 9.23. The summed E-state index contributed by atoms with van der Waals surface area (Å²) in [6.07, 6.45) is -3.05. The van der Waals surface area contributed by atoms with E-state index in [9.17, 15) is 27.6 Å². The predicted molar refractivity (Wildman–Crippen MR) is 165 cm³/mol. The molecule has 0 aliphatic rings. The molecule has 0 aliphatic carbocycles. The molecule has 0 spiro atoms. The van der Waals surface area contributed by atoms with Gasteiger partial charge in [0.1, 0.15) is 11.4 Å². The zero-order valence-corrected chi connectivity index (χ0v) is 24.3. The molecule has 4 aromatic rings. The van der Waals surface area contributed by atoms with E-state index >= 15 is 0 Å². The largest absolute Gasteiger partial charge is 0.494 e. The van der Waals surface area contributed by atoms with Crippen molar-refractivity contribution in [2.45, 2.75) is 18.0 Å². The van der Waals surface area contributed by atoms with Gasteiger partial charge in [-0.3, -0.25) is 14.4 Å². The monoisotopic (exact) mass is 619 g/mol. The molecule has 4 rings (SSSR count). The third-order valence-corrected chi connectivity index (χ3v) is 7.03. The standard InChI is InChI=1S/C33H28F3N3O4S/c1-2-43-25-16-12-22(13-17-25)20-29(39-31(41)23-8-4-3-5-9-23)32(42)37-24-14-18-26(19-15-24)44-21-30(40)38-28-11-7-6-10-27(28)33(34,35)36/h3-20H,2,21H2,1H3,(H,37,42)(H,38,40)(H,39,41)/b29-20-. The highest BCUT2D eigenvalue weighted by Gasteiger charge is 2.33. The van der Waals surface area contributed by atoms with E-state index in [2.05, 4.69) is 16.0 Å². The number of carbonyl (C=O) groups is 3. The maximum atomic E-state index is 13.3. The summed E-state index contributed by atoms with van der Waals surface area (Å²) in [7, 11) is 0. The Bertz CT molecular complexity index is 1630. The Balaban J connectivity index is 1.41. The van der Waals surface area contributed by atoms with E-state index in [0.717, 1.165) is 17.8 Å². The maximum Gasteiger partial charge on any atom is 0.418 e. The summed E-state index contributed by atoms with van der Waals surface area (Å²) >= 11 is 1.12. The molecular formula is C33H28F3N3O4S. The Morgan fingerprint density at radius 1 is 0.818 bits per heavy atom. The molecule has 0 heterocycles. The maximum absolute atomic E-state index is 13.3. The molecule has 3 N–H and O–H groups in total. The number of anilines is 2. The van der Waals surface area contributed by atoms with Crippen molar-refractivity contribution in [3.05, 3.63) is 126 Å². The molecule has 3 amide bonds. The minimum atomic E-state index is -4.59. The lowest BCUT2D eigenvalue weighted by molar-refractivity contribution is -0.137. The Morgan fingerprint density at radius 2 is 1.48 bits per heavy atom. The molecule has 44 heavy (non-hydrogen) atoms. The molecule has 0 saturated carbocycles. The van der Waals surface area contributed by atoms with Crippen LogP contribution in [0.4, 0.5) is 24.5 Å². The van der Waals surface area contributed by atoms with Crippen molar-refractivity contribution in [2.24, 2.45) is 0 Å². The number of nitrogens with one attached hydrogen (secondary N) is 3. The number of halogens is 3. The van der Waals surface area contributed by atoms with Crippen LogP contribution in [0.2, 0.25) is 0 Å². The van der Waals surface area contributed by atoms with Crippen LogP contribution < -0.4 is 20.7 Å². The Labute approximate surface area is 256 Å². The highest BCUT2D eigenvalue weighted by atomic mass is 32.2. The van der Waals surface area contributed by atoms with Crippen molar-refractivity contribution >= 4 is 46.9 Å². The van der Waals surface area contributed by atoms with E-state index in [4.69, 9.17) is 4.74 Å². The predicted octanol–water partition coefficient (Wildman–Crippen LogP) is 7.24. The fraction of sp³-hybridized carbons (Fsp3) is 0.121. The second kappa shape index (κ2) is 14.9. The molecule has 226 valence electrons. The van der Waals surface area contributed by atoms with Crippen molar-refractivity contribution in [2.75, 3.05) is 23.0 Å². The van der Waals surface area contributed by atoms with E-state index in [1.807, 2.05) is 6.92 Å². The minimum absolute atomic E-state index is 0.0114. The first kappa shape index (κ1) is 31.9. The van der Waals surface area contributed by atoms with Gasteiger partial charge in [-0.05, 0) is 79.2 Å².